The molecule has 2 aromatic carbocycles. The number of nitrogens with two attached hydrogens (primary N) is 1. The first kappa shape index (κ1) is 15.7. The molecule has 1 unspecified atom stereocenters. The van der Waals surface area contributed by atoms with E-state index in [1.165, 1.54) is 0 Å². The third-order valence-corrected chi connectivity index (χ3v) is 4.33. The maximum absolute atomic E-state index is 12.0. The van der Waals surface area contributed by atoms with Crippen LogP contribution in [0.1, 0.15) is 31.3 Å². The van der Waals surface area contributed by atoms with Gasteiger partial charge in [-0.1, -0.05) is 18.2 Å². The Kier molecular flexibility index (Phi) is 3.69. The number of ether oxygens (including phenoxy) is 1. The van der Waals surface area contributed by atoms with Crippen LogP contribution in [0, 0.1) is 0 Å². The van der Waals surface area contributed by atoms with Gasteiger partial charge in [0.05, 0.1) is 17.8 Å². The van der Waals surface area contributed by atoms with Gasteiger partial charge < -0.3 is 10.5 Å². The van der Waals surface area contributed by atoms with E-state index in [9.17, 15) is 4.79 Å². The van der Waals surface area contributed by atoms with E-state index in [2.05, 4.69) is 16.3 Å². The highest BCUT2D eigenvalue weighted by Crippen LogP contribution is 2.32. The van der Waals surface area contributed by atoms with Crippen molar-refractivity contribution in [3.63, 3.8) is 0 Å². The second kappa shape index (κ2) is 5.89. The largest absolute Gasteiger partial charge is 0.491 e. The summed E-state index contributed by atoms with van der Waals surface area (Å²) in [5.41, 5.74) is 9.94. The number of rotatable bonds is 3. The Morgan fingerprint density at radius 2 is 2.04 bits per heavy atom. The Bertz CT molecular complexity index is 987. The number of nitrogens with zero attached hydrogens (tertiary/aromatic N) is 2. The number of aromatic nitrogens is 3. The zero-order valence-corrected chi connectivity index (χ0v) is 14.2. The van der Waals surface area contributed by atoms with Crippen molar-refractivity contribution in [1.82, 2.24) is 14.8 Å². The summed E-state index contributed by atoms with van der Waals surface area (Å²) >= 11 is 0. The quantitative estimate of drug-likeness (QED) is 0.770. The van der Waals surface area contributed by atoms with Crippen LogP contribution in [-0.2, 0) is 6.42 Å². The van der Waals surface area contributed by atoms with Crippen LogP contribution < -0.4 is 16.2 Å². The van der Waals surface area contributed by atoms with E-state index >= 15 is 0 Å². The van der Waals surface area contributed by atoms with Crippen molar-refractivity contribution in [2.75, 3.05) is 0 Å². The van der Waals surface area contributed by atoms with Crippen molar-refractivity contribution in [3.05, 3.63) is 64.3 Å². The molecule has 0 fully saturated rings. The van der Waals surface area contributed by atoms with Crippen molar-refractivity contribution in [2.45, 2.75) is 32.4 Å². The van der Waals surface area contributed by atoms with Gasteiger partial charge in [0.2, 0.25) is 0 Å². The number of benzene rings is 2. The third-order valence-electron chi connectivity index (χ3n) is 4.33. The van der Waals surface area contributed by atoms with E-state index in [0.29, 0.717) is 12.2 Å². The van der Waals surface area contributed by atoms with Gasteiger partial charge in [0.15, 0.2) is 5.82 Å². The van der Waals surface area contributed by atoms with Gasteiger partial charge in [-0.2, -0.15) is 5.10 Å². The first-order valence-corrected chi connectivity index (χ1v) is 8.36. The lowest BCUT2D eigenvalue weighted by atomic mass is 9.95. The predicted octanol–water partition coefficient (Wildman–Crippen LogP) is 2.57. The summed E-state index contributed by atoms with van der Waals surface area (Å²) in [5.74, 6) is 1.42. The molecule has 1 aliphatic heterocycles. The molecule has 128 valence electrons. The fraction of sp³-hybridized carbons (Fsp3) is 0.263. The average molecular weight is 336 g/mol. The standard InChI is InChI=1S/C19H20N4O2/c1-11(2)25-15-5-3-4-12(9-15)13-6-7-17-14(8-13)10-16(20)18-21-22-19(24)23(17)18/h3-9,11,16H,10,20H2,1-2H3,(H,22,24). The monoisotopic (exact) mass is 336 g/mol. The lowest BCUT2D eigenvalue weighted by Crippen LogP contribution is -2.28. The molecule has 1 atom stereocenters. The minimum Gasteiger partial charge on any atom is -0.491 e. The first-order chi connectivity index (χ1) is 12.0. The number of hydrogen-bond acceptors (Lipinski definition) is 4. The lowest BCUT2D eigenvalue weighted by Gasteiger charge is -2.22. The zero-order chi connectivity index (χ0) is 17.6. The summed E-state index contributed by atoms with van der Waals surface area (Å²) in [6.45, 7) is 4.01. The second-order valence-corrected chi connectivity index (χ2v) is 6.57. The van der Waals surface area contributed by atoms with E-state index in [1.807, 2.05) is 50.2 Å². The van der Waals surface area contributed by atoms with Gasteiger partial charge in [-0.15, -0.1) is 0 Å². The van der Waals surface area contributed by atoms with Crippen molar-refractivity contribution >= 4 is 0 Å². The first-order valence-electron chi connectivity index (χ1n) is 8.36. The highest BCUT2D eigenvalue weighted by molar-refractivity contribution is 5.68. The minimum atomic E-state index is -0.294. The predicted molar refractivity (Wildman–Crippen MR) is 96.0 cm³/mol. The second-order valence-electron chi connectivity index (χ2n) is 6.57. The van der Waals surface area contributed by atoms with E-state index in [1.54, 1.807) is 4.57 Å². The lowest BCUT2D eigenvalue weighted by molar-refractivity contribution is 0.242. The number of aromatic amines is 1. The van der Waals surface area contributed by atoms with E-state index in [-0.39, 0.29) is 17.8 Å². The molecule has 0 saturated carbocycles. The zero-order valence-electron chi connectivity index (χ0n) is 14.2. The van der Waals surface area contributed by atoms with Gasteiger partial charge in [0.1, 0.15) is 5.75 Å². The summed E-state index contributed by atoms with van der Waals surface area (Å²) in [7, 11) is 0. The van der Waals surface area contributed by atoms with Crippen LogP contribution in [0.25, 0.3) is 16.8 Å². The third kappa shape index (κ3) is 2.74. The Balaban J connectivity index is 1.77. The van der Waals surface area contributed by atoms with Gasteiger partial charge >= 0.3 is 5.69 Å². The summed E-state index contributed by atoms with van der Waals surface area (Å²) in [6, 6.07) is 13.8. The van der Waals surface area contributed by atoms with Crippen LogP contribution in [0.4, 0.5) is 0 Å². The highest BCUT2D eigenvalue weighted by Gasteiger charge is 2.25. The molecule has 0 bridgehead atoms. The van der Waals surface area contributed by atoms with Crippen LogP contribution in [0.5, 0.6) is 5.75 Å². The fourth-order valence-corrected chi connectivity index (χ4v) is 3.29. The van der Waals surface area contributed by atoms with Gasteiger partial charge in [0, 0.05) is 0 Å². The molecule has 25 heavy (non-hydrogen) atoms. The van der Waals surface area contributed by atoms with Gasteiger partial charge in [-0.05, 0) is 61.2 Å². The molecular weight excluding hydrogens is 316 g/mol. The van der Waals surface area contributed by atoms with Crippen molar-refractivity contribution in [2.24, 2.45) is 5.73 Å². The molecule has 1 aromatic heterocycles. The normalized spacial score (nSPS) is 15.8. The van der Waals surface area contributed by atoms with Crippen molar-refractivity contribution < 1.29 is 4.74 Å². The van der Waals surface area contributed by atoms with E-state index < -0.39 is 0 Å². The molecule has 4 rings (SSSR count). The van der Waals surface area contributed by atoms with Gasteiger partial charge in [0.25, 0.3) is 0 Å². The molecule has 0 aliphatic carbocycles. The van der Waals surface area contributed by atoms with Crippen molar-refractivity contribution in [1.29, 1.82) is 0 Å². The van der Waals surface area contributed by atoms with E-state index in [0.717, 1.165) is 28.1 Å². The number of fused-ring (bicyclic) bond motifs is 3. The van der Waals surface area contributed by atoms with Crippen LogP contribution in [0.15, 0.2) is 47.3 Å². The average Bonchev–Trinajstić information content (AvgIpc) is 2.97. The summed E-state index contributed by atoms with van der Waals surface area (Å²) in [6.07, 6.45) is 0.776. The Hall–Kier alpha value is -2.86. The number of nitrogens with one attached hydrogen (secondary N) is 1. The number of hydrogen-bond donors (Lipinski definition) is 2. The fourth-order valence-electron chi connectivity index (χ4n) is 3.29. The molecule has 0 saturated heterocycles. The molecule has 6 nitrogen and oxygen atoms in total. The topological polar surface area (TPSA) is 85.9 Å². The molecule has 0 amide bonds. The minimum absolute atomic E-state index is 0.128. The number of H-pyrrole nitrogens is 1. The molecule has 0 radical (unpaired) electrons. The van der Waals surface area contributed by atoms with Crippen LogP contribution in [-0.4, -0.2) is 20.9 Å². The van der Waals surface area contributed by atoms with Crippen molar-refractivity contribution in [3.8, 4) is 22.6 Å². The molecule has 1 aliphatic rings. The molecule has 0 spiro atoms. The SMILES string of the molecule is CC(C)Oc1cccc(-c2ccc3c(c2)CC(N)c2n[nH]c(=O)n2-3)c1. The Morgan fingerprint density at radius 3 is 2.84 bits per heavy atom. The maximum Gasteiger partial charge on any atom is 0.347 e. The molecule has 2 heterocycles. The Labute approximate surface area is 145 Å². The molecule has 3 N–H and O–H groups in total. The van der Waals surface area contributed by atoms with Crippen LogP contribution >= 0.6 is 0 Å². The Morgan fingerprint density at radius 1 is 1.24 bits per heavy atom. The molecular formula is C19H20N4O2. The summed E-state index contributed by atoms with van der Waals surface area (Å²) in [4.78, 5) is 12.0. The smallest absolute Gasteiger partial charge is 0.347 e. The van der Waals surface area contributed by atoms with Crippen LogP contribution in [0.3, 0.4) is 0 Å². The summed E-state index contributed by atoms with van der Waals surface area (Å²) < 4.78 is 7.34. The highest BCUT2D eigenvalue weighted by atomic mass is 16.5. The van der Waals surface area contributed by atoms with E-state index in [4.69, 9.17) is 10.5 Å². The molecule has 3 aromatic rings. The molecule has 6 heteroatoms. The van der Waals surface area contributed by atoms with Gasteiger partial charge in [-0.25, -0.2) is 14.5 Å². The van der Waals surface area contributed by atoms with Crippen LogP contribution in [0.2, 0.25) is 0 Å². The maximum atomic E-state index is 12.0. The van der Waals surface area contributed by atoms with Gasteiger partial charge in [-0.3, -0.25) is 0 Å². The summed E-state index contributed by atoms with van der Waals surface area (Å²) in [5, 5.41) is 6.52.